The number of amides is 1. The first kappa shape index (κ1) is 9.06. The number of phenols is 1. The van der Waals surface area contributed by atoms with Crippen LogP contribution in [-0.4, -0.2) is 11.0 Å². The molecule has 0 spiro atoms. The number of phenolic OH excluding ortho intramolecular Hbond substituents is 1. The molecule has 0 bridgehead atoms. The molecule has 0 atom stereocenters. The fourth-order valence-electron chi connectivity index (χ4n) is 0.874. The molecule has 0 saturated heterocycles. The van der Waals surface area contributed by atoms with E-state index in [0.717, 1.165) is 4.47 Å². The van der Waals surface area contributed by atoms with Gasteiger partial charge in [-0.2, -0.15) is 0 Å². The predicted molar refractivity (Wildman–Crippen MR) is 48.7 cm³/mol. The molecule has 0 radical (unpaired) electrons. The summed E-state index contributed by atoms with van der Waals surface area (Å²) in [6.07, 6.45) is 0.0686. The number of nitrogens with two attached hydrogens (primary N) is 1. The number of benzene rings is 1. The van der Waals surface area contributed by atoms with Gasteiger partial charge in [0.1, 0.15) is 5.75 Å². The SMILES string of the molecule is NC(=O)Cc1ccc(Br)cc1O. The average molecular weight is 230 g/mol. The first-order valence-electron chi connectivity index (χ1n) is 3.35. The van der Waals surface area contributed by atoms with Crippen LogP contribution in [0.3, 0.4) is 0 Å². The Morgan fingerprint density at radius 1 is 1.58 bits per heavy atom. The summed E-state index contributed by atoms with van der Waals surface area (Å²) < 4.78 is 0.772. The van der Waals surface area contributed by atoms with Crippen LogP contribution in [0, 0.1) is 0 Å². The average Bonchev–Trinajstić information content (AvgIpc) is 1.94. The van der Waals surface area contributed by atoms with E-state index in [2.05, 4.69) is 15.9 Å². The molecule has 3 nitrogen and oxygen atoms in total. The minimum atomic E-state index is -0.451. The van der Waals surface area contributed by atoms with E-state index in [0.29, 0.717) is 5.56 Å². The van der Waals surface area contributed by atoms with Crippen LogP contribution >= 0.6 is 15.9 Å². The van der Waals surface area contributed by atoms with E-state index in [1.165, 1.54) is 6.07 Å². The van der Waals surface area contributed by atoms with Crippen molar-refractivity contribution in [3.05, 3.63) is 28.2 Å². The van der Waals surface area contributed by atoms with E-state index >= 15 is 0 Å². The highest BCUT2D eigenvalue weighted by molar-refractivity contribution is 9.10. The van der Waals surface area contributed by atoms with Crippen molar-refractivity contribution >= 4 is 21.8 Å². The third-order valence-electron chi connectivity index (χ3n) is 1.41. The topological polar surface area (TPSA) is 63.3 Å². The number of hydrogen-bond donors (Lipinski definition) is 2. The summed E-state index contributed by atoms with van der Waals surface area (Å²) in [6.45, 7) is 0. The van der Waals surface area contributed by atoms with E-state index in [9.17, 15) is 9.90 Å². The van der Waals surface area contributed by atoms with Gasteiger partial charge in [-0.1, -0.05) is 22.0 Å². The Kier molecular flexibility index (Phi) is 2.70. The summed E-state index contributed by atoms with van der Waals surface area (Å²) in [5.41, 5.74) is 5.52. The number of aromatic hydroxyl groups is 1. The van der Waals surface area contributed by atoms with E-state index in [4.69, 9.17) is 5.73 Å². The maximum absolute atomic E-state index is 10.5. The van der Waals surface area contributed by atoms with Crippen LogP contribution in [0.5, 0.6) is 5.75 Å². The molecule has 0 saturated carbocycles. The predicted octanol–water partition coefficient (Wildman–Crippen LogP) is 1.18. The molecule has 12 heavy (non-hydrogen) atoms. The van der Waals surface area contributed by atoms with Crippen molar-refractivity contribution in [3.63, 3.8) is 0 Å². The molecule has 4 heteroatoms. The zero-order valence-corrected chi connectivity index (χ0v) is 7.84. The molecule has 0 aromatic heterocycles. The second-order valence-electron chi connectivity index (χ2n) is 2.42. The van der Waals surface area contributed by atoms with Crippen molar-refractivity contribution in [2.75, 3.05) is 0 Å². The third kappa shape index (κ3) is 2.23. The first-order valence-corrected chi connectivity index (χ1v) is 4.14. The second kappa shape index (κ2) is 3.58. The molecule has 1 aromatic rings. The summed E-state index contributed by atoms with van der Waals surface area (Å²) in [6, 6.07) is 4.93. The van der Waals surface area contributed by atoms with Gasteiger partial charge in [0, 0.05) is 10.0 Å². The smallest absolute Gasteiger partial charge is 0.221 e. The first-order chi connectivity index (χ1) is 5.59. The Morgan fingerprint density at radius 2 is 2.25 bits per heavy atom. The minimum absolute atomic E-state index is 0.0686. The fraction of sp³-hybridized carbons (Fsp3) is 0.125. The molecule has 3 N–H and O–H groups in total. The maximum atomic E-state index is 10.5. The largest absolute Gasteiger partial charge is 0.508 e. The highest BCUT2D eigenvalue weighted by Crippen LogP contribution is 2.22. The Morgan fingerprint density at radius 3 is 2.75 bits per heavy atom. The van der Waals surface area contributed by atoms with Crippen LogP contribution in [0.15, 0.2) is 22.7 Å². The van der Waals surface area contributed by atoms with E-state index in [1.54, 1.807) is 12.1 Å². The molecule has 0 aliphatic rings. The van der Waals surface area contributed by atoms with Gasteiger partial charge in [-0.15, -0.1) is 0 Å². The summed E-state index contributed by atoms with van der Waals surface area (Å²) >= 11 is 3.19. The number of halogens is 1. The highest BCUT2D eigenvalue weighted by atomic mass is 79.9. The van der Waals surface area contributed by atoms with Crippen LogP contribution in [0.1, 0.15) is 5.56 Å². The van der Waals surface area contributed by atoms with Crippen LogP contribution in [0.25, 0.3) is 0 Å². The lowest BCUT2D eigenvalue weighted by atomic mass is 10.1. The molecule has 0 heterocycles. The number of carbonyl (C=O) groups excluding carboxylic acids is 1. The van der Waals surface area contributed by atoms with Crippen LogP contribution in [0.4, 0.5) is 0 Å². The number of rotatable bonds is 2. The van der Waals surface area contributed by atoms with Crippen LogP contribution in [0.2, 0.25) is 0 Å². The molecule has 0 unspecified atom stereocenters. The standard InChI is InChI=1S/C8H8BrNO2/c9-6-2-1-5(3-8(10)12)7(11)4-6/h1-2,4,11H,3H2,(H2,10,12). The van der Waals surface area contributed by atoms with Crippen LogP contribution in [-0.2, 0) is 11.2 Å². The van der Waals surface area contributed by atoms with Crippen molar-refractivity contribution in [2.45, 2.75) is 6.42 Å². The van der Waals surface area contributed by atoms with Gasteiger partial charge in [-0.25, -0.2) is 0 Å². The van der Waals surface area contributed by atoms with Gasteiger partial charge in [-0.3, -0.25) is 4.79 Å². The molecule has 1 amide bonds. The van der Waals surface area contributed by atoms with Crippen molar-refractivity contribution in [3.8, 4) is 5.75 Å². The number of carbonyl (C=O) groups is 1. The molecule has 0 aliphatic heterocycles. The summed E-state index contributed by atoms with van der Waals surface area (Å²) in [7, 11) is 0. The summed E-state index contributed by atoms with van der Waals surface area (Å²) in [5, 5.41) is 9.30. The van der Waals surface area contributed by atoms with Gasteiger partial charge in [0.05, 0.1) is 6.42 Å². The Bertz CT molecular complexity index is 312. The Balaban J connectivity index is 2.93. The van der Waals surface area contributed by atoms with Crippen molar-refractivity contribution < 1.29 is 9.90 Å². The van der Waals surface area contributed by atoms with Crippen molar-refractivity contribution in [1.29, 1.82) is 0 Å². The lowest BCUT2D eigenvalue weighted by molar-refractivity contribution is -0.117. The zero-order chi connectivity index (χ0) is 9.14. The molecule has 0 aliphatic carbocycles. The van der Waals surface area contributed by atoms with E-state index < -0.39 is 5.91 Å². The molecule has 1 aromatic carbocycles. The molecular weight excluding hydrogens is 222 g/mol. The van der Waals surface area contributed by atoms with E-state index in [-0.39, 0.29) is 12.2 Å². The van der Waals surface area contributed by atoms with Gasteiger partial charge >= 0.3 is 0 Å². The molecule has 64 valence electrons. The molecule has 1 rings (SSSR count). The quantitative estimate of drug-likeness (QED) is 0.801. The van der Waals surface area contributed by atoms with Gasteiger partial charge in [0.15, 0.2) is 0 Å². The highest BCUT2D eigenvalue weighted by Gasteiger charge is 2.04. The number of hydrogen-bond acceptors (Lipinski definition) is 2. The zero-order valence-electron chi connectivity index (χ0n) is 6.25. The molecular formula is C8H8BrNO2. The number of primary amides is 1. The summed E-state index contributed by atoms with van der Waals surface area (Å²) in [4.78, 5) is 10.5. The lowest BCUT2D eigenvalue weighted by Crippen LogP contribution is -2.13. The minimum Gasteiger partial charge on any atom is -0.508 e. The van der Waals surface area contributed by atoms with E-state index in [1.807, 2.05) is 0 Å². The maximum Gasteiger partial charge on any atom is 0.221 e. The molecule has 0 fully saturated rings. The third-order valence-corrected chi connectivity index (χ3v) is 1.91. The normalized spacial score (nSPS) is 9.75. The summed E-state index contributed by atoms with van der Waals surface area (Å²) in [5.74, 6) is -0.365. The van der Waals surface area contributed by atoms with Crippen molar-refractivity contribution in [2.24, 2.45) is 5.73 Å². The monoisotopic (exact) mass is 229 g/mol. The van der Waals surface area contributed by atoms with Crippen molar-refractivity contribution in [1.82, 2.24) is 0 Å². The Labute approximate surface area is 78.3 Å². The lowest BCUT2D eigenvalue weighted by Gasteiger charge is -2.01. The van der Waals surface area contributed by atoms with Gasteiger partial charge < -0.3 is 10.8 Å². The Hall–Kier alpha value is -1.03. The van der Waals surface area contributed by atoms with Gasteiger partial charge in [-0.05, 0) is 12.1 Å². The second-order valence-corrected chi connectivity index (χ2v) is 3.33. The van der Waals surface area contributed by atoms with Gasteiger partial charge in [0.25, 0.3) is 0 Å². The van der Waals surface area contributed by atoms with Crippen LogP contribution < -0.4 is 5.73 Å². The van der Waals surface area contributed by atoms with Gasteiger partial charge in [0.2, 0.25) is 5.91 Å². The fourth-order valence-corrected chi connectivity index (χ4v) is 1.22.